The van der Waals surface area contributed by atoms with E-state index in [0.717, 1.165) is 41.7 Å². The third-order valence-corrected chi connectivity index (χ3v) is 5.54. The first kappa shape index (κ1) is 21.2. The van der Waals surface area contributed by atoms with Gasteiger partial charge in [0.15, 0.2) is 6.61 Å². The number of aryl methyl sites for hydroxylation is 1. The molecule has 1 N–H and O–H groups in total. The molecule has 1 aliphatic rings. The lowest BCUT2D eigenvalue weighted by atomic mass is 9.90. The highest BCUT2D eigenvalue weighted by atomic mass is 19.1. The molecule has 0 saturated heterocycles. The van der Waals surface area contributed by atoms with Gasteiger partial charge in [0.1, 0.15) is 17.3 Å². The van der Waals surface area contributed by atoms with Crippen LogP contribution in [0.5, 0.6) is 11.5 Å². The molecule has 3 rings (SSSR count). The first-order valence-electron chi connectivity index (χ1n) is 10.3. The highest BCUT2D eigenvalue weighted by Crippen LogP contribution is 2.38. The molecule has 0 aliphatic heterocycles. The number of fused-ring (bicyclic) bond motifs is 1. The van der Waals surface area contributed by atoms with Crippen LogP contribution in [0.1, 0.15) is 66.5 Å². The number of esters is 1. The summed E-state index contributed by atoms with van der Waals surface area (Å²) >= 11 is 0. The van der Waals surface area contributed by atoms with Gasteiger partial charge >= 0.3 is 5.97 Å². The fraction of sp³-hybridized carbons (Fsp3) is 0.458. The zero-order chi connectivity index (χ0) is 21.1. The van der Waals surface area contributed by atoms with E-state index in [2.05, 4.69) is 0 Å². The molecule has 156 valence electrons. The second-order valence-electron chi connectivity index (χ2n) is 7.88. The maximum Gasteiger partial charge on any atom is 0.344 e. The molecule has 4 nitrogen and oxygen atoms in total. The van der Waals surface area contributed by atoms with Gasteiger partial charge in [0.05, 0.1) is 6.61 Å². The molecule has 0 fully saturated rings. The number of carbonyl (C=O) groups is 1. The van der Waals surface area contributed by atoms with Crippen LogP contribution in [0.4, 0.5) is 4.39 Å². The van der Waals surface area contributed by atoms with Gasteiger partial charge in [-0.05, 0) is 79.0 Å². The summed E-state index contributed by atoms with van der Waals surface area (Å²) in [7, 11) is 0. The average molecular weight is 400 g/mol. The van der Waals surface area contributed by atoms with E-state index in [9.17, 15) is 9.90 Å². The SMILES string of the molecule is CCOC(=O)COc1cc(C)c(Cc2ccc(O)c(C(C)C)c2F)c2c1CCC2. The van der Waals surface area contributed by atoms with E-state index < -0.39 is 0 Å². The Morgan fingerprint density at radius 1 is 1.24 bits per heavy atom. The first-order valence-corrected chi connectivity index (χ1v) is 10.3. The van der Waals surface area contributed by atoms with E-state index in [1.165, 1.54) is 5.56 Å². The summed E-state index contributed by atoms with van der Waals surface area (Å²) in [6.45, 7) is 7.73. The maximum absolute atomic E-state index is 15.1. The third-order valence-electron chi connectivity index (χ3n) is 5.54. The van der Waals surface area contributed by atoms with Crippen LogP contribution in [0.3, 0.4) is 0 Å². The van der Waals surface area contributed by atoms with Crippen molar-refractivity contribution >= 4 is 5.97 Å². The molecular weight excluding hydrogens is 371 g/mol. The van der Waals surface area contributed by atoms with Gasteiger partial charge in [-0.25, -0.2) is 9.18 Å². The number of phenols is 1. The molecule has 0 amide bonds. The third kappa shape index (κ3) is 4.39. The summed E-state index contributed by atoms with van der Waals surface area (Å²) in [5, 5.41) is 10.0. The van der Waals surface area contributed by atoms with Crippen LogP contribution in [-0.2, 0) is 28.8 Å². The smallest absolute Gasteiger partial charge is 0.344 e. The number of hydrogen-bond acceptors (Lipinski definition) is 4. The molecule has 0 atom stereocenters. The fourth-order valence-electron chi connectivity index (χ4n) is 4.18. The van der Waals surface area contributed by atoms with Gasteiger partial charge in [0.2, 0.25) is 0 Å². The number of carbonyl (C=O) groups excluding carboxylic acids is 1. The number of halogens is 1. The fourth-order valence-corrected chi connectivity index (χ4v) is 4.18. The Labute approximate surface area is 171 Å². The van der Waals surface area contributed by atoms with Crippen LogP contribution in [0.2, 0.25) is 0 Å². The van der Waals surface area contributed by atoms with Gasteiger partial charge in [0, 0.05) is 12.0 Å². The van der Waals surface area contributed by atoms with Gasteiger partial charge in [-0.3, -0.25) is 0 Å². The van der Waals surface area contributed by atoms with Gasteiger partial charge < -0.3 is 14.6 Å². The Balaban J connectivity index is 1.93. The van der Waals surface area contributed by atoms with Gasteiger partial charge in [-0.2, -0.15) is 0 Å². The summed E-state index contributed by atoms with van der Waals surface area (Å²) < 4.78 is 25.8. The van der Waals surface area contributed by atoms with Crippen LogP contribution in [0.25, 0.3) is 0 Å². The molecule has 0 bridgehead atoms. The molecule has 2 aromatic rings. The molecule has 2 aromatic carbocycles. The molecule has 5 heteroatoms. The number of phenolic OH excluding ortho intramolecular Hbond substituents is 1. The second-order valence-corrected chi connectivity index (χ2v) is 7.88. The lowest BCUT2D eigenvalue weighted by Gasteiger charge is -2.19. The molecule has 0 unspecified atom stereocenters. The predicted molar refractivity (Wildman–Crippen MR) is 110 cm³/mol. The van der Waals surface area contributed by atoms with Gasteiger partial charge in [-0.1, -0.05) is 19.9 Å². The Hall–Kier alpha value is -2.56. The van der Waals surface area contributed by atoms with Crippen molar-refractivity contribution in [2.45, 2.75) is 59.3 Å². The first-order chi connectivity index (χ1) is 13.8. The summed E-state index contributed by atoms with van der Waals surface area (Å²) in [6, 6.07) is 5.20. The van der Waals surface area contributed by atoms with Crippen LogP contribution >= 0.6 is 0 Å². The lowest BCUT2D eigenvalue weighted by Crippen LogP contribution is -2.15. The number of rotatable bonds is 7. The normalized spacial score (nSPS) is 12.9. The van der Waals surface area contributed by atoms with Crippen molar-refractivity contribution < 1.29 is 23.8 Å². The number of hydrogen-bond donors (Lipinski definition) is 1. The van der Waals surface area contributed by atoms with Gasteiger partial charge in [-0.15, -0.1) is 0 Å². The lowest BCUT2D eigenvalue weighted by molar-refractivity contribution is -0.145. The zero-order valence-electron chi connectivity index (χ0n) is 17.6. The zero-order valence-corrected chi connectivity index (χ0v) is 17.6. The number of benzene rings is 2. The Morgan fingerprint density at radius 3 is 2.66 bits per heavy atom. The minimum absolute atomic E-state index is 0.00548. The number of aromatic hydroxyl groups is 1. The predicted octanol–water partition coefficient (Wildman–Crippen LogP) is 4.98. The minimum Gasteiger partial charge on any atom is -0.508 e. The summed E-state index contributed by atoms with van der Waals surface area (Å²) in [6.07, 6.45) is 3.28. The largest absolute Gasteiger partial charge is 0.508 e. The maximum atomic E-state index is 15.1. The van der Waals surface area contributed by atoms with E-state index in [4.69, 9.17) is 9.47 Å². The minimum atomic E-state index is -0.381. The Morgan fingerprint density at radius 2 is 1.97 bits per heavy atom. The quantitative estimate of drug-likeness (QED) is 0.666. The highest BCUT2D eigenvalue weighted by molar-refractivity contribution is 5.71. The van der Waals surface area contributed by atoms with Crippen molar-refractivity contribution in [1.29, 1.82) is 0 Å². The van der Waals surface area contributed by atoms with Crippen molar-refractivity contribution in [3.8, 4) is 11.5 Å². The molecular formula is C24H29FO4. The van der Waals surface area contributed by atoms with Crippen molar-refractivity contribution in [2.24, 2.45) is 0 Å². The monoisotopic (exact) mass is 400 g/mol. The van der Waals surface area contributed by atoms with Crippen molar-refractivity contribution in [3.63, 3.8) is 0 Å². The van der Waals surface area contributed by atoms with E-state index in [-0.39, 0.29) is 30.1 Å². The van der Waals surface area contributed by atoms with Gasteiger partial charge in [0.25, 0.3) is 0 Å². The van der Waals surface area contributed by atoms with Crippen molar-refractivity contribution in [2.75, 3.05) is 13.2 Å². The van der Waals surface area contributed by atoms with Crippen molar-refractivity contribution in [3.05, 3.63) is 57.4 Å². The van der Waals surface area contributed by atoms with Crippen LogP contribution < -0.4 is 4.74 Å². The van der Waals surface area contributed by atoms with E-state index in [0.29, 0.717) is 24.2 Å². The summed E-state index contributed by atoms with van der Waals surface area (Å²) in [5.74, 6) is -0.0747. The van der Waals surface area contributed by atoms with Crippen LogP contribution in [0.15, 0.2) is 18.2 Å². The Bertz CT molecular complexity index is 918. The van der Waals surface area contributed by atoms with E-state index in [1.807, 2.05) is 26.8 Å². The molecule has 29 heavy (non-hydrogen) atoms. The molecule has 0 saturated carbocycles. The van der Waals surface area contributed by atoms with Crippen LogP contribution in [-0.4, -0.2) is 24.3 Å². The molecule has 0 aromatic heterocycles. The number of ether oxygens (including phenoxy) is 2. The molecule has 0 spiro atoms. The Kier molecular flexibility index (Phi) is 6.46. The molecule has 1 aliphatic carbocycles. The highest BCUT2D eigenvalue weighted by Gasteiger charge is 2.24. The van der Waals surface area contributed by atoms with Crippen molar-refractivity contribution in [1.82, 2.24) is 0 Å². The topological polar surface area (TPSA) is 55.8 Å². The standard InChI is InChI=1S/C24H29FO4/c1-5-28-22(27)13-29-21-11-15(4)19(17-7-6-8-18(17)21)12-16-9-10-20(26)23(14(2)3)24(16)25/h9-11,14,26H,5-8,12-13H2,1-4H3. The molecule has 0 radical (unpaired) electrons. The average Bonchev–Trinajstić information content (AvgIpc) is 3.14. The summed E-state index contributed by atoms with van der Waals surface area (Å²) in [4.78, 5) is 11.7. The second kappa shape index (κ2) is 8.85. The molecule has 0 heterocycles. The van der Waals surface area contributed by atoms with E-state index in [1.54, 1.807) is 19.1 Å². The summed E-state index contributed by atoms with van der Waals surface area (Å²) in [5.41, 5.74) is 5.39. The van der Waals surface area contributed by atoms with E-state index >= 15 is 4.39 Å². The van der Waals surface area contributed by atoms with Crippen LogP contribution in [0, 0.1) is 12.7 Å².